The molecule has 0 saturated carbocycles. The molecule has 2 N–H and O–H groups in total. The summed E-state index contributed by atoms with van der Waals surface area (Å²) < 4.78 is 28.2. The van der Waals surface area contributed by atoms with E-state index in [9.17, 15) is 8.42 Å². The van der Waals surface area contributed by atoms with Gasteiger partial charge in [0.1, 0.15) is 5.82 Å². The fourth-order valence-corrected chi connectivity index (χ4v) is 4.46. The number of para-hydroxylation sites is 2. The summed E-state index contributed by atoms with van der Waals surface area (Å²) in [6, 6.07) is 14.6. The number of anilines is 1. The van der Waals surface area contributed by atoms with Crippen LogP contribution in [-0.4, -0.2) is 23.9 Å². The summed E-state index contributed by atoms with van der Waals surface area (Å²) in [5.41, 5.74) is 2.50. The lowest BCUT2D eigenvalue weighted by Crippen LogP contribution is -2.40. The Labute approximate surface area is 160 Å². The van der Waals surface area contributed by atoms with Crippen LogP contribution in [0.15, 0.2) is 53.4 Å². The SMILES string of the molecule is Cc1nc2ccccc2nc1NCc1ccccc1S(=O)(=O)NC(C)(C)C. The summed E-state index contributed by atoms with van der Waals surface area (Å²) in [4.78, 5) is 9.42. The molecule has 0 aliphatic heterocycles. The van der Waals surface area contributed by atoms with Crippen molar-refractivity contribution >= 4 is 26.9 Å². The molecule has 0 bridgehead atoms. The molecule has 1 aromatic heterocycles. The van der Waals surface area contributed by atoms with Crippen LogP contribution in [0.3, 0.4) is 0 Å². The van der Waals surface area contributed by atoms with Crippen LogP contribution in [0.1, 0.15) is 32.0 Å². The highest BCUT2D eigenvalue weighted by molar-refractivity contribution is 7.89. The Morgan fingerprint density at radius 3 is 2.19 bits per heavy atom. The number of aromatic nitrogens is 2. The predicted octanol–water partition coefficient (Wildman–Crippen LogP) is 3.63. The van der Waals surface area contributed by atoms with Crippen molar-refractivity contribution in [3.05, 3.63) is 59.8 Å². The van der Waals surface area contributed by atoms with Gasteiger partial charge in [-0.15, -0.1) is 0 Å². The third kappa shape index (κ3) is 4.61. The van der Waals surface area contributed by atoms with E-state index in [1.807, 2.05) is 58.0 Å². The highest BCUT2D eigenvalue weighted by atomic mass is 32.2. The van der Waals surface area contributed by atoms with E-state index in [0.717, 1.165) is 16.7 Å². The second-order valence-electron chi connectivity index (χ2n) is 7.46. The zero-order valence-electron chi connectivity index (χ0n) is 15.9. The van der Waals surface area contributed by atoms with E-state index < -0.39 is 15.6 Å². The van der Waals surface area contributed by atoms with Crippen LogP contribution in [0.25, 0.3) is 11.0 Å². The highest BCUT2D eigenvalue weighted by Gasteiger charge is 2.24. The first kappa shape index (κ1) is 19.3. The molecular weight excluding hydrogens is 360 g/mol. The average molecular weight is 385 g/mol. The van der Waals surface area contributed by atoms with E-state index in [0.29, 0.717) is 17.9 Å². The molecule has 0 amide bonds. The second kappa shape index (κ2) is 7.25. The summed E-state index contributed by atoms with van der Waals surface area (Å²) in [6.45, 7) is 7.67. The number of nitrogens with zero attached hydrogens (tertiary/aromatic N) is 2. The van der Waals surface area contributed by atoms with E-state index in [1.54, 1.807) is 18.2 Å². The van der Waals surface area contributed by atoms with Crippen LogP contribution in [0, 0.1) is 6.92 Å². The van der Waals surface area contributed by atoms with Gasteiger partial charge in [0.2, 0.25) is 10.0 Å². The lowest BCUT2D eigenvalue weighted by atomic mass is 10.1. The van der Waals surface area contributed by atoms with Gasteiger partial charge in [-0.05, 0) is 51.5 Å². The zero-order chi connectivity index (χ0) is 19.7. The standard InChI is InChI=1S/C20H24N4O2S/c1-14-19(23-17-11-7-6-10-16(17)22-14)21-13-15-9-5-8-12-18(15)27(25,26)24-20(2,3)4/h5-12,24H,13H2,1-4H3,(H,21,23). The number of rotatable bonds is 5. The molecule has 0 fully saturated rings. The largest absolute Gasteiger partial charge is 0.364 e. The number of nitrogens with one attached hydrogen (secondary N) is 2. The van der Waals surface area contributed by atoms with Crippen molar-refractivity contribution in [2.75, 3.05) is 5.32 Å². The van der Waals surface area contributed by atoms with Crippen LogP contribution in [0.5, 0.6) is 0 Å². The molecule has 0 saturated heterocycles. The summed E-state index contributed by atoms with van der Waals surface area (Å²) in [7, 11) is -3.62. The van der Waals surface area contributed by atoms with Gasteiger partial charge in [-0.25, -0.2) is 23.1 Å². The van der Waals surface area contributed by atoms with Gasteiger partial charge in [0.15, 0.2) is 0 Å². The Morgan fingerprint density at radius 2 is 1.52 bits per heavy atom. The van der Waals surface area contributed by atoms with E-state index in [1.165, 1.54) is 0 Å². The molecule has 3 aromatic rings. The molecule has 0 aliphatic rings. The first-order valence-electron chi connectivity index (χ1n) is 8.75. The minimum atomic E-state index is -3.62. The molecule has 3 rings (SSSR count). The maximum absolute atomic E-state index is 12.8. The number of benzene rings is 2. The van der Waals surface area contributed by atoms with Gasteiger partial charge in [0.05, 0.1) is 21.6 Å². The van der Waals surface area contributed by atoms with Crippen LogP contribution in [0.4, 0.5) is 5.82 Å². The number of hydrogen-bond donors (Lipinski definition) is 2. The van der Waals surface area contributed by atoms with Crippen molar-refractivity contribution in [2.45, 2.75) is 44.7 Å². The van der Waals surface area contributed by atoms with E-state index in [2.05, 4.69) is 20.0 Å². The molecule has 6 nitrogen and oxygen atoms in total. The van der Waals surface area contributed by atoms with Gasteiger partial charge in [0.25, 0.3) is 0 Å². The van der Waals surface area contributed by atoms with Crippen molar-refractivity contribution < 1.29 is 8.42 Å². The van der Waals surface area contributed by atoms with Gasteiger partial charge in [-0.3, -0.25) is 0 Å². The molecule has 1 heterocycles. The van der Waals surface area contributed by atoms with Crippen LogP contribution >= 0.6 is 0 Å². The maximum Gasteiger partial charge on any atom is 0.241 e. The number of fused-ring (bicyclic) bond motifs is 1. The minimum Gasteiger partial charge on any atom is -0.364 e. The van der Waals surface area contributed by atoms with E-state index in [-0.39, 0.29) is 4.90 Å². The molecule has 0 atom stereocenters. The molecular formula is C20H24N4O2S. The Bertz CT molecular complexity index is 1070. The van der Waals surface area contributed by atoms with E-state index in [4.69, 9.17) is 0 Å². The normalized spacial score (nSPS) is 12.3. The first-order valence-corrected chi connectivity index (χ1v) is 10.2. The van der Waals surface area contributed by atoms with Gasteiger partial charge in [-0.1, -0.05) is 30.3 Å². The van der Waals surface area contributed by atoms with Crippen LogP contribution < -0.4 is 10.0 Å². The minimum absolute atomic E-state index is 0.263. The molecule has 0 radical (unpaired) electrons. The third-order valence-corrected chi connectivity index (χ3v) is 5.75. The number of sulfonamides is 1. The predicted molar refractivity (Wildman–Crippen MR) is 108 cm³/mol. The number of hydrogen-bond acceptors (Lipinski definition) is 5. The van der Waals surface area contributed by atoms with Gasteiger partial charge in [0, 0.05) is 12.1 Å². The van der Waals surface area contributed by atoms with Crippen molar-refractivity contribution in [1.82, 2.24) is 14.7 Å². The van der Waals surface area contributed by atoms with Gasteiger partial charge < -0.3 is 5.32 Å². The monoisotopic (exact) mass is 384 g/mol. The molecule has 0 spiro atoms. The average Bonchev–Trinajstić information content (AvgIpc) is 2.58. The Kier molecular flexibility index (Phi) is 5.17. The smallest absolute Gasteiger partial charge is 0.241 e. The maximum atomic E-state index is 12.8. The van der Waals surface area contributed by atoms with Gasteiger partial charge in [-0.2, -0.15) is 0 Å². The quantitative estimate of drug-likeness (QED) is 0.702. The summed E-state index contributed by atoms with van der Waals surface area (Å²) >= 11 is 0. The molecule has 2 aromatic carbocycles. The molecule has 0 aliphatic carbocycles. The Morgan fingerprint density at radius 1 is 0.926 bits per heavy atom. The highest BCUT2D eigenvalue weighted by Crippen LogP contribution is 2.21. The molecule has 7 heteroatoms. The topological polar surface area (TPSA) is 84.0 Å². The lowest BCUT2D eigenvalue weighted by molar-refractivity contribution is 0.491. The van der Waals surface area contributed by atoms with Gasteiger partial charge >= 0.3 is 0 Å². The first-order chi connectivity index (χ1) is 12.7. The summed E-state index contributed by atoms with van der Waals surface area (Å²) in [5.74, 6) is 0.643. The lowest BCUT2D eigenvalue weighted by Gasteiger charge is -2.21. The van der Waals surface area contributed by atoms with E-state index >= 15 is 0 Å². The molecule has 0 unspecified atom stereocenters. The fraction of sp³-hybridized carbons (Fsp3) is 0.300. The summed E-state index contributed by atoms with van der Waals surface area (Å²) in [5, 5.41) is 3.23. The summed E-state index contributed by atoms with van der Waals surface area (Å²) in [6.07, 6.45) is 0. The van der Waals surface area contributed by atoms with Crippen LogP contribution in [0.2, 0.25) is 0 Å². The zero-order valence-corrected chi connectivity index (χ0v) is 16.8. The van der Waals surface area contributed by atoms with Crippen molar-refractivity contribution in [1.29, 1.82) is 0 Å². The molecule has 27 heavy (non-hydrogen) atoms. The molecule has 142 valence electrons. The fourth-order valence-electron chi connectivity index (χ4n) is 2.80. The Hall–Kier alpha value is -2.51. The van der Waals surface area contributed by atoms with Crippen molar-refractivity contribution in [3.8, 4) is 0 Å². The van der Waals surface area contributed by atoms with Crippen molar-refractivity contribution in [3.63, 3.8) is 0 Å². The van der Waals surface area contributed by atoms with Crippen LogP contribution in [-0.2, 0) is 16.6 Å². The number of aryl methyl sites for hydroxylation is 1. The van der Waals surface area contributed by atoms with Crippen molar-refractivity contribution in [2.24, 2.45) is 0 Å². The second-order valence-corrected chi connectivity index (χ2v) is 9.11. The Balaban J connectivity index is 1.89. The third-order valence-electron chi connectivity index (χ3n) is 3.89.